The molecule has 2 aromatic rings. The van der Waals surface area contributed by atoms with Crippen LogP contribution >= 0.6 is 0 Å². The monoisotopic (exact) mass is 371 g/mol. The standard InChI is InChI=1S/C18H25N7O2/c1-12-6-24(7-13(2)27-12)16(26)10-23-8-15-5-14(23)9-25(15)17-18-21-20-11-22(18)4-3-19-17/h3-4,11-15H,5-10H2,1-2H3. The van der Waals surface area contributed by atoms with E-state index in [0.717, 1.165) is 31.0 Å². The quantitative estimate of drug-likeness (QED) is 0.753. The van der Waals surface area contributed by atoms with Gasteiger partial charge in [0.2, 0.25) is 11.6 Å². The van der Waals surface area contributed by atoms with Gasteiger partial charge in [0.05, 0.1) is 18.8 Å². The molecule has 3 aliphatic rings. The van der Waals surface area contributed by atoms with E-state index < -0.39 is 0 Å². The Morgan fingerprint density at radius 3 is 2.74 bits per heavy atom. The molecule has 3 aliphatic heterocycles. The van der Waals surface area contributed by atoms with Gasteiger partial charge in [-0.1, -0.05) is 0 Å². The minimum absolute atomic E-state index is 0.109. The first-order valence-corrected chi connectivity index (χ1v) is 9.66. The smallest absolute Gasteiger partial charge is 0.236 e. The van der Waals surface area contributed by atoms with E-state index in [4.69, 9.17) is 4.74 Å². The third kappa shape index (κ3) is 2.94. The zero-order valence-corrected chi connectivity index (χ0v) is 15.7. The Labute approximate surface area is 157 Å². The molecule has 1 amide bonds. The molecule has 144 valence electrons. The maximum absolute atomic E-state index is 12.8. The highest BCUT2D eigenvalue weighted by Gasteiger charge is 2.45. The first-order chi connectivity index (χ1) is 13.1. The lowest BCUT2D eigenvalue weighted by Gasteiger charge is -2.38. The van der Waals surface area contributed by atoms with Crippen LogP contribution in [0.3, 0.4) is 0 Å². The van der Waals surface area contributed by atoms with Crippen molar-refractivity contribution >= 4 is 17.4 Å². The van der Waals surface area contributed by atoms with E-state index in [2.05, 4.69) is 25.0 Å². The molecule has 27 heavy (non-hydrogen) atoms. The fourth-order valence-corrected chi connectivity index (χ4v) is 4.81. The van der Waals surface area contributed by atoms with E-state index in [-0.39, 0.29) is 18.1 Å². The number of aromatic nitrogens is 4. The first-order valence-electron chi connectivity index (χ1n) is 9.66. The number of carbonyl (C=O) groups excluding carboxylic acids is 1. The Balaban J connectivity index is 1.25. The summed E-state index contributed by atoms with van der Waals surface area (Å²) in [5.74, 6) is 1.11. The van der Waals surface area contributed by atoms with Crippen molar-refractivity contribution in [1.29, 1.82) is 0 Å². The lowest BCUT2D eigenvalue weighted by atomic mass is 10.2. The predicted molar refractivity (Wildman–Crippen MR) is 98.5 cm³/mol. The number of hydrogen-bond donors (Lipinski definition) is 0. The summed E-state index contributed by atoms with van der Waals surface area (Å²) in [5, 5.41) is 8.20. The van der Waals surface area contributed by atoms with Gasteiger partial charge in [-0.05, 0) is 20.3 Å². The summed E-state index contributed by atoms with van der Waals surface area (Å²) < 4.78 is 7.64. The van der Waals surface area contributed by atoms with Gasteiger partial charge >= 0.3 is 0 Å². The normalized spacial score (nSPS) is 31.2. The van der Waals surface area contributed by atoms with E-state index in [1.807, 2.05) is 29.3 Å². The fourth-order valence-electron chi connectivity index (χ4n) is 4.81. The molecule has 0 spiro atoms. The average molecular weight is 371 g/mol. The second-order valence-electron chi connectivity index (χ2n) is 7.99. The second-order valence-corrected chi connectivity index (χ2v) is 7.99. The maximum atomic E-state index is 12.8. The zero-order chi connectivity index (χ0) is 18.5. The Bertz CT molecular complexity index is 845. The van der Waals surface area contributed by atoms with Gasteiger partial charge < -0.3 is 14.5 Å². The number of carbonyl (C=O) groups is 1. The summed E-state index contributed by atoms with van der Waals surface area (Å²) in [6.45, 7) is 7.71. The van der Waals surface area contributed by atoms with Crippen LogP contribution in [0.5, 0.6) is 0 Å². The van der Waals surface area contributed by atoms with Crippen LogP contribution in [0.4, 0.5) is 5.82 Å². The minimum atomic E-state index is 0.109. The Hall–Kier alpha value is -2.26. The molecule has 4 atom stereocenters. The number of fused-ring (bicyclic) bond motifs is 3. The lowest BCUT2D eigenvalue weighted by Crippen LogP contribution is -2.54. The van der Waals surface area contributed by atoms with E-state index in [9.17, 15) is 4.79 Å². The summed E-state index contributed by atoms with van der Waals surface area (Å²) in [6.07, 6.45) is 6.64. The van der Waals surface area contributed by atoms with Gasteiger partial charge in [-0.15, -0.1) is 10.2 Å². The largest absolute Gasteiger partial charge is 0.372 e. The number of amides is 1. The molecule has 5 heterocycles. The second kappa shape index (κ2) is 6.42. The number of rotatable bonds is 3. The van der Waals surface area contributed by atoms with Crippen LogP contribution < -0.4 is 4.90 Å². The SMILES string of the molecule is CC1CN(C(=O)CN2CC3CC2CN3c2nccn3cnnc23)CC(C)O1. The molecule has 3 saturated heterocycles. The highest BCUT2D eigenvalue weighted by molar-refractivity contribution is 5.78. The maximum Gasteiger partial charge on any atom is 0.236 e. The molecule has 4 unspecified atom stereocenters. The van der Waals surface area contributed by atoms with Gasteiger partial charge in [-0.2, -0.15) is 0 Å². The third-order valence-corrected chi connectivity index (χ3v) is 5.93. The average Bonchev–Trinajstić information content (AvgIpc) is 3.35. The van der Waals surface area contributed by atoms with E-state index in [1.54, 1.807) is 12.5 Å². The van der Waals surface area contributed by atoms with Crippen LogP contribution in [0.1, 0.15) is 20.3 Å². The molecule has 0 aromatic carbocycles. The third-order valence-electron chi connectivity index (χ3n) is 5.93. The van der Waals surface area contributed by atoms with Crippen LogP contribution in [-0.4, -0.2) is 92.3 Å². The van der Waals surface area contributed by atoms with Crippen LogP contribution in [0, 0.1) is 0 Å². The molecule has 0 saturated carbocycles. The van der Waals surface area contributed by atoms with Gasteiger partial charge in [-0.3, -0.25) is 14.1 Å². The minimum Gasteiger partial charge on any atom is -0.372 e. The molecule has 0 aliphatic carbocycles. The molecule has 3 fully saturated rings. The van der Waals surface area contributed by atoms with E-state index in [1.165, 1.54) is 0 Å². The summed E-state index contributed by atoms with van der Waals surface area (Å²) in [4.78, 5) is 24.0. The van der Waals surface area contributed by atoms with Crippen molar-refractivity contribution in [2.45, 2.75) is 44.6 Å². The van der Waals surface area contributed by atoms with Crippen molar-refractivity contribution in [1.82, 2.24) is 29.4 Å². The molecular formula is C18H25N7O2. The van der Waals surface area contributed by atoms with Gasteiger partial charge in [0, 0.05) is 50.7 Å². The fraction of sp³-hybridized carbons (Fsp3) is 0.667. The topological polar surface area (TPSA) is 79.1 Å². The van der Waals surface area contributed by atoms with E-state index >= 15 is 0 Å². The Kier molecular flexibility index (Phi) is 4.01. The number of morpholine rings is 1. The first kappa shape index (κ1) is 16.9. The van der Waals surface area contributed by atoms with E-state index in [0.29, 0.717) is 31.7 Å². The predicted octanol–water partition coefficient (Wildman–Crippen LogP) is 0.0230. The van der Waals surface area contributed by atoms with Crippen LogP contribution in [0.2, 0.25) is 0 Å². The molecule has 9 heteroatoms. The molecule has 0 N–H and O–H groups in total. The Morgan fingerprint density at radius 1 is 1.19 bits per heavy atom. The van der Waals surface area contributed by atoms with Crippen molar-refractivity contribution in [3.63, 3.8) is 0 Å². The zero-order valence-electron chi connectivity index (χ0n) is 15.7. The summed E-state index contributed by atoms with van der Waals surface area (Å²) in [7, 11) is 0. The number of likely N-dealkylation sites (tertiary alicyclic amines) is 1. The highest BCUT2D eigenvalue weighted by Crippen LogP contribution is 2.34. The van der Waals surface area contributed by atoms with Crippen LogP contribution in [-0.2, 0) is 9.53 Å². The molecule has 2 aromatic heterocycles. The van der Waals surface area contributed by atoms with Crippen LogP contribution in [0.25, 0.3) is 5.65 Å². The van der Waals surface area contributed by atoms with Gasteiger partial charge in [0.15, 0.2) is 5.82 Å². The number of nitrogens with zero attached hydrogens (tertiary/aromatic N) is 7. The molecule has 9 nitrogen and oxygen atoms in total. The van der Waals surface area contributed by atoms with Gasteiger partial charge in [0.25, 0.3) is 0 Å². The Morgan fingerprint density at radius 2 is 2.00 bits per heavy atom. The summed E-state index contributed by atoms with van der Waals surface area (Å²) in [6, 6.07) is 0.764. The van der Waals surface area contributed by atoms with Crippen molar-refractivity contribution in [2.75, 3.05) is 37.6 Å². The number of piperazine rings is 1. The summed E-state index contributed by atoms with van der Waals surface area (Å²) in [5.41, 5.74) is 0.795. The summed E-state index contributed by atoms with van der Waals surface area (Å²) >= 11 is 0. The number of ether oxygens (including phenoxy) is 1. The molecular weight excluding hydrogens is 346 g/mol. The van der Waals surface area contributed by atoms with Crippen molar-refractivity contribution < 1.29 is 9.53 Å². The molecule has 0 radical (unpaired) electrons. The van der Waals surface area contributed by atoms with Crippen molar-refractivity contribution in [2.24, 2.45) is 0 Å². The van der Waals surface area contributed by atoms with Gasteiger partial charge in [-0.25, -0.2) is 4.98 Å². The number of hydrogen-bond acceptors (Lipinski definition) is 7. The van der Waals surface area contributed by atoms with Crippen LogP contribution in [0.15, 0.2) is 18.7 Å². The molecule has 2 bridgehead atoms. The van der Waals surface area contributed by atoms with Crippen molar-refractivity contribution in [3.05, 3.63) is 18.7 Å². The van der Waals surface area contributed by atoms with Crippen molar-refractivity contribution in [3.8, 4) is 0 Å². The van der Waals surface area contributed by atoms with Gasteiger partial charge in [0.1, 0.15) is 6.33 Å². The lowest BCUT2D eigenvalue weighted by molar-refractivity contribution is -0.144. The number of anilines is 1. The molecule has 5 rings (SSSR count). The highest BCUT2D eigenvalue weighted by atomic mass is 16.5.